The van der Waals surface area contributed by atoms with Gasteiger partial charge in [0.15, 0.2) is 0 Å². The fourth-order valence-electron chi connectivity index (χ4n) is 2.04. The second kappa shape index (κ2) is 3.30. The predicted octanol–water partition coefficient (Wildman–Crippen LogP) is 1.72. The number of rotatable bonds is 0. The molecule has 1 amide bonds. The van der Waals surface area contributed by atoms with E-state index in [0.717, 1.165) is 19.4 Å². The van der Waals surface area contributed by atoms with Crippen molar-refractivity contribution in [2.24, 2.45) is 0 Å². The van der Waals surface area contributed by atoms with Gasteiger partial charge in [0.1, 0.15) is 0 Å². The van der Waals surface area contributed by atoms with Crippen LogP contribution in [0.5, 0.6) is 0 Å². The topological polar surface area (TPSA) is 20.3 Å². The van der Waals surface area contributed by atoms with Crippen LogP contribution in [0.3, 0.4) is 0 Å². The van der Waals surface area contributed by atoms with E-state index in [1.807, 2.05) is 4.90 Å². The van der Waals surface area contributed by atoms with Crippen molar-refractivity contribution in [2.75, 3.05) is 6.54 Å². The number of nitrogens with zero attached hydrogens (tertiary/aromatic N) is 1. The molecule has 1 atom stereocenters. The Kier molecular flexibility index (Phi) is 2.15. The van der Waals surface area contributed by atoms with E-state index in [9.17, 15) is 4.79 Å². The molecule has 12 heavy (non-hydrogen) atoms. The highest BCUT2D eigenvalue weighted by atomic mass is 16.2. The lowest BCUT2D eigenvalue weighted by Crippen LogP contribution is -2.33. The number of carbonyl (C=O) groups is 1. The van der Waals surface area contributed by atoms with Crippen LogP contribution in [-0.2, 0) is 4.79 Å². The summed E-state index contributed by atoms with van der Waals surface area (Å²) in [6.45, 7) is 0.980. The van der Waals surface area contributed by atoms with E-state index in [0.29, 0.717) is 11.9 Å². The van der Waals surface area contributed by atoms with Gasteiger partial charge in [-0.2, -0.15) is 0 Å². The van der Waals surface area contributed by atoms with Gasteiger partial charge in [-0.1, -0.05) is 12.2 Å². The zero-order valence-electron chi connectivity index (χ0n) is 7.33. The average molecular weight is 165 g/mol. The van der Waals surface area contributed by atoms with Gasteiger partial charge >= 0.3 is 0 Å². The van der Waals surface area contributed by atoms with Gasteiger partial charge < -0.3 is 4.90 Å². The molecule has 0 unspecified atom stereocenters. The third-order valence-electron chi connectivity index (χ3n) is 2.75. The van der Waals surface area contributed by atoms with Gasteiger partial charge in [-0.05, 0) is 25.7 Å². The minimum Gasteiger partial charge on any atom is -0.336 e. The van der Waals surface area contributed by atoms with Crippen molar-refractivity contribution in [1.82, 2.24) is 4.90 Å². The van der Waals surface area contributed by atoms with Gasteiger partial charge in [-0.3, -0.25) is 4.79 Å². The van der Waals surface area contributed by atoms with Crippen LogP contribution in [-0.4, -0.2) is 23.4 Å². The van der Waals surface area contributed by atoms with E-state index in [4.69, 9.17) is 0 Å². The molecule has 0 N–H and O–H groups in total. The summed E-state index contributed by atoms with van der Waals surface area (Å²) in [5, 5.41) is 0. The number of hydrogen-bond donors (Lipinski definition) is 0. The summed E-state index contributed by atoms with van der Waals surface area (Å²) in [6, 6.07) is 0.429. The van der Waals surface area contributed by atoms with Crippen LogP contribution in [0.4, 0.5) is 0 Å². The Morgan fingerprint density at radius 3 is 3.25 bits per heavy atom. The summed E-state index contributed by atoms with van der Waals surface area (Å²) in [6.07, 6.45) is 9.84. The minimum atomic E-state index is 0.353. The van der Waals surface area contributed by atoms with E-state index in [2.05, 4.69) is 12.2 Å². The Labute approximate surface area is 73.2 Å². The van der Waals surface area contributed by atoms with E-state index < -0.39 is 0 Å². The molecule has 2 aliphatic rings. The van der Waals surface area contributed by atoms with Crippen molar-refractivity contribution in [3.05, 3.63) is 12.2 Å². The van der Waals surface area contributed by atoms with Crippen LogP contribution in [0.25, 0.3) is 0 Å². The Morgan fingerprint density at radius 1 is 1.42 bits per heavy atom. The monoisotopic (exact) mass is 165 g/mol. The van der Waals surface area contributed by atoms with Crippen molar-refractivity contribution >= 4 is 5.91 Å². The Balaban J connectivity index is 2.11. The molecule has 0 aromatic heterocycles. The second-order valence-electron chi connectivity index (χ2n) is 3.62. The molecule has 0 saturated carbocycles. The lowest BCUT2D eigenvalue weighted by atomic mass is 10.1. The SMILES string of the molecule is O=C1CC[C@@H]2/C=C\CCCCN12. The molecule has 0 spiro atoms. The van der Waals surface area contributed by atoms with Gasteiger partial charge in [0, 0.05) is 13.0 Å². The van der Waals surface area contributed by atoms with Crippen molar-refractivity contribution < 1.29 is 4.79 Å². The molecule has 66 valence electrons. The van der Waals surface area contributed by atoms with Gasteiger partial charge in [0.25, 0.3) is 0 Å². The second-order valence-corrected chi connectivity index (χ2v) is 3.62. The van der Waals surface area contributed by atoms with Crippen LogP contribution in [0.2, 0.25) is 0 Å². The first kappa shape index (κ1) is 7.84. The number of hydrogen-bond acceptors (Lipinski definition) is 1. The fraction of sp³-hybridized carbons (Fsp3) is 0.700. The lowest BCUT2D eigenvalue weighted by Gasteiger charge is -2.23. The van der Waals surface area contributed by atoms with Crippen LogP contribution in [0.15, 0.2) is 12.2 Å². The summed E-state index contributed by atoms with van der Waals surface area (Å²) in [7, 11) is 0. The zero-order valence-corrected chi connectivity index (χ0v) is 7.33. The first-order valence-electron chi connectivity index (χ1n) is 4.84. The molecule has 0 aromatic carbocycles. The maximum Gasteiger partial charge on any atom is 0.223 e. The van der Waals surface area contributed by atoms with Crippen LogP contribution in [0, 0.1) is 0 Å². The molecule has 0 aromatic rings. The molecule has 1 fully saturated rings. The molecule has 2 nitrogen and oxygen atoms in total. The van der Waals surface area contributed by atoms with Crippen LogP contribution < -0.4 is 0 Å². The largest absolute Gasteiger partial charge is 0.336 e. The third kappa shape index (κ3) is 1.38. The van der Waals surface area contributed by atoms with Crippen molar-refractivity contribution in [3.8, 4) is 0 Å². The normalized spacial score (nSPS) is 32.5. The molecule has 0 bridgehead atoms. The van der Waals surface area contributed by atoms with E-state index >= 15 is 0 Å². The van der Waals surface area contributed by atoms with E-state index in [-0.39, 0.29) is 0 Å². The quantitative estimate of drug-likeness (QED) is 0.500. The van der Waals surface area contributed by atoms with Gasteiger partial charge in [-0.15, -0.1) is 0 Å². The number of amides is 1. The number of carbonyl (C=O) groups excluding carboxylic acids is 1. The predicted molar refractivity (Wildman–Crippen MR) is 47.7 cm³/mol. The fourth-order valence-corrected chi connectivity index (χ4v) is 2.04. The number of fused-ring (bicyclic) bond motifs is 1. The smallest absolute Gasteiger partial charge is 0.223 e. The molecule has 2 aliphatic heterocycles. The Morgan fingerprint density at radius 2 is 2.33 bits per heavy atom. The van der Waals surface area contributed by atoms with Gasteiger partial charge in [0.05, 0.1) is 6.04 Å². The third-order valence-corrected chi connectivity index (χ3v) is 2.75. The molecule has 0 radical (unpaired) electrons. The lowest BCUT2D eigenvalue weighted by molar-refractivity contribution is -0.128. The standard InChI is InChI=1S/C10H15NO/c12-10-7-6-9-5-3-1-2-4-8-11(9)10/h3,5,9H,1-2,4,6-8H2/b5-3-/t9-/m0/s1. The molecule has 1 saturated heterocycles. The Hall–Kier alpha value is -0.790. The van der Waals surface area contributed by atoms with Crippen molar-refractivity contribution in [3.63, 3.8) is 0 Å². The highest BCUT2D eigenvalue weighted by Crippen LogP contribution is 2.22. The summed E-state index contributed by atoms with van der Waals surface area (Å²) < 4.78 is 0. The summed E-state index contributed by atoms with van der Waals surface area (Å²) in [5.41, 5.74) is 0. The van der Waals surface area contributed by atoms with Crippen molar-refractivity contribution in [2.45, 2.75) is 38.1 Å². The van der Waals surface area contributed by atoms with Gasteiger partial charge in [0.2, 0.25) is 5.91 Å². The average Bonchev–Trinajstić information content (AvgIpc) is 2.31. The maximum absolute atomic E-state index is 11.4. The molecular formula is C10H15NO. The first-order valence-corrected chi connectivity index (χ1v) is 4.84. The van der Waals surface area contributed by atoms with Crippen LogP contribution >= 0.6 is 0 Å². The molecule has 2 rings (SSSR count). The molecule has 2 heteroatoms. The van der Waals surface area contributed by atoms with E-state index in [1.54, 1.807) is 0 Å². The highest BCUT2D eigenvalue weighted by molar-refractivity contribution is 5.79. The van der Waals surface area contributed by atoms with Crippen LogP contribution in [0.1, 0.15) is 32.1 Å². The van der Waals surface area contributed by atoms with Gasteiger partial charge in [-0.25, -0.2) is 0 Å². The zero-order chi connectivity index (χ0) is 8.39. The minimum absolute atomic E-state index is 0.353. The Bertz CT molecular complexity index is 210. The molecule has 2 heterocycles. The molecular weight excluding hydrogens is 150 g/mol. The van der Waals surface area contributed by atoms with Crippen molar-refractivity contribution in [1.29, 1.82) is 0 Å². The molecule has 0 aliphatic carbocycles. The number of allylic oxidation sites excluding steroid dienone is 1. The first-order chi connectivity index (χ1) is 5.88. The highest BCUT2D eigenvalue weighted by Gasteiger charge is 2.28. The maximum atomic E-state index is 11.4. The summed E-state index contributed by atoms with van der Waals surface area (Å²) in [4.78, 5) is 13.4. The summed E-state index contributed by atoms with van der Waals surface area (Å²) >= 11 is 0. The van der Waals surface area contributed by atoms with E-state index in [1.165, 1.54) is 19.3 Å². The summed E-state index contributed by atoms with van der Waals surface area (Å²) in [5.74, 6) is 0.353.